The van der Waals surface area contributed by atoms with Crippen LogP contribution in [0.4, 0.5) is 10.1 Å². The van der Waals surface area contributed by atoms with E-state index in [2.05, 4.69) is 51.7 Å². The van der Waals surface area contributed by atoms with Gasteiger partial charge in [0.1, 0.15) is 5.82 Å². The van der Waals surface area contributed by atoms with Gasteiger partial charge in [0, 0.05) is 32.4 Å². The van der Waals surface area contributed by atoms with Crippen LogP contribution < -0.4 is 15.5 Å². The first-order chi connectivity index (χ1) is 13.1. The summed E-state index contributed by atoms with van der Waals surface area (Å²) in [4.78, 5) is 6.74. The minimum absolute atomic E-state index is 0. The van der Waals surface area contributed by atoms with E-state index in [9.17, 15) is 4.39 Å². The number of anilines is 1. The average Bonchev–Trinajstić information content (AvgIpc) is 3.22. The number of benzene rings is 2. The molecule has 1 aliphatic heterocycles. The van der Waals surface area contributed by atoms with Gasteiger partial charge >= 0.3 is 0 Å². The predicted molar refractivity (Wildman–Crippen MR) is 126 cm³/mol. The lowest BCUT2D eigenvalue weighted by Crippen LogP contribution is -2.38. The Morgan fingerprint density at radius 3 is 2.61 bits per heavy atom. The summed E-state index contributed by atoms with van der Waals surface area (Å²) in [6, 6.07) is 14.1. The Kier molecular flexibility index (Phi) is 8.54. The van der Waals surface area contributed by atoms with E-state index >= 15 is 0 Å². The largest absolute Gasteiger partial charge is 0.372 e. The molecule has 0 bridgehead atoms. The molecule has 1 unspecified atom stereocenters. The van der Waals surface area contributed by atoms with Crippen molar-refractivity contribution in [1.82, 2.24) is 10.6 Å². The third-order valence-electron chi connectivity index (χ3n) is 5.11. The van der Waals surface area contributed by atoms with Crippen molar-refractivity contribution in [1.29, 1.82) is 0 Å². The van der Waals surface area contributed by atoms with Gasteiger partial charge < -0.3 is 15.5 Å². The number of aliphatic imine (C=N–C) groups is 1. The van der Waals surface area contributed by atoms with Gasteiger partial charge in [-0.05, 0) is 61.6 Å². The van der Waals surface area contributed by atoms with E-state index in [0.717, 1.165) is 18.7 Å². The van der Waals surface area contributed by atoms with Crippen molar-refractivity contribution < 1.29 is 4.39 Å². The number of hydrogen-bond acceptors (Lipinski definition) is 2. The smallest absolute Gasteiger partial charge is 0.191 e. The van der Waals surface area contributed by atoms with Gasteiger partial charge in [0.25, 0.3) is 0 Å². The summed E-state index contributed by atoms with van der Waals surface area (Å²) in [5.41, 5.74) is 4.07. The van der Waals surface area contributed by atoms with Crippen molar-refractivity contribution >= 4 is 35.6 Å². The van der Waals surface area contributed by atoms with E-state index in [4.69, 9.17) is 0 Å². The van der Waals surface area contributed by atoms with E-state index < -0.39 is 0 Å². The third-order valence-corrected chi connectivity index (χ3v) is 5.11. The van der Waals surface area contributed by atoms with Crippen LogP contribution in [-0.2, 0) is 6.54 Å². The highest BCUT2D eigenvalue weighted by molar-refractivity contribution is 14.0. The van der Waals surface area contributed by atoms with Gasteiger partial charge in [-0.3, -0.25) is 4.99 Å². The van der Waals surface area contributed by atoms with Crippen molar-refractivity contribution in [2.24, 2.45) is 4.99 Å². The standard InChI is InChI=1S/C22H29FN4.HI/c1-16-9-10-18(13-21(16)23)15-25-22(24-3)26-17(2)19-7-6-8-20(14-19)27-11-4-5-12-27;/h6-10,13-14,17H,4-5,11-12,15H2,1-3H3,(H2,24,25,26);1H. The molecule has 2 N–H and O–H groups in total. The first kappa shape index (κ1) is 22.5. The van der Waals surface area contributed by atoms with E-state index in [-0.39, 0.29) is 35.8 Å². The maximum atomic E-state index is 13.7. The number of halogens is 2. The van der Waals surface area contributed by atoms with E-state index in [1.807, 2.05) is 6.07 Å². The fourth-order valence-corrected chi connectivity index (χ4v) is 3.38. The van der Waals surface area contributed by atoms with Crippen molar-refractivity contribution in [3.05, 3.63) is 65.0 Å². The summed E-state index contributed by atoms with van der Waals surface area (Å²) in [6.07, 6.45) is 2.54. The van der Waals surface area contributed by atoms with Crippen molar-refractivity contribution in [3.8, 4) is 0 Å². The molecule has 4 nitrogen and oxygen atoms in total. The molecule has 3 rings (SSSR count). The molecule has 1 aliphatic rings. The molecule has 28 heavy (non-hydrogen) atoms. The Labute approximate surface area is 184 Å². The SMILES string of the molecule is CN=C(NCc1ccc(C)c(F)c1)NC(C)c1cccc(N2CCCC2)c1.I. The lowest BCUT2D eigenvalue weighted by atomic mass is 10.1. The predicted octanol–water partition coefficient (Wildman–Crippen LogP) is 4.78. The van der Waals surface area contributed by atoms with Crippen molar-refractivity contribution in [3.63, 3.8) is 0 Å². The summed E-state index contributed by atoms with van der Waals surface area (Å²) in [5, 5.41) is 6.69. The topological polar surface area (TPSA) is 39.7 Å². The van der Waals surface area contributed by atoms with Crippen LogP contribution in [0.2, 0.25) is 0 Å². The highest BCUT2D eigenvalue weighted by Crippen LogP contribution is 2.24. The minimum atomic E-state index is -0.177. The molecule has 2 aromatic rings. The normalized spacial score (nSPS) is 15.1. The van der Waals surface area contributed by atoms with Crippen LogP contribution in [0, 0.1) is 12.7 Å². The Balaban J connectivity index is 0.00000280. The minimum Gasteiger partial charge on any atom is -0.372 e. The molecule has 1 heterocycles. The second-order valence-electron chi connectivity index (χ2n) is 7.16. The molecule has 0 amide bonds. The number of aryl methyl sites for hydroxylation is 1. The number of rotatable bonds is 5. The summed E-state index contributed by atoms with van der Waals surface area (Å²) in [7, 11) is 1.75. The van der Waals surface area contributed by atoms with Crippen LogP contribution in [0.15, 0.2) is 47.5 Å². The highest BCUT2D eigenvalue weighted by Gasteiger charge is 2.14. The number of guanidine groups is 1. The maximum absolute atomic E-state index is 13.7. The van der Waals surface area contributed by atoms with Crippen LogP contribution in [0.3, 0.4) is 0 Å². The Hall–Kier alpha value is -1.83. The fraction of sp³-hybridized carbons (Fsp3) is 0.409. The molecule has 1 saturated heterocycles. The maximum Gasteiger partial charge on any atom is 0.191 e. The third kappa shape index (κ3) is 5.83. The van der Waals surface area contributed by atoms with E-state index in [1.54, 1.807) is 26.1 Å². The van der Waals surface area contributed by atoms with Crippen LogP contribution >= 0.6 is 24.0 Å². The van der Waals surface area contributed by atoms with Crippen molar-refractivity contribution in [2.75, 3.05) is 25.0 Å². The second kappa shape index (κ2) is 10.6. The first-order valence-electron chi connectivity index (χ1n) is 9.64. The van der Waals surface area contributed by atoms with E-state index in [1.165, 1.54) is 24.1 Å². The molecule has 0 aliphatic carbocycles. The summed E-state index contributed by atoms with van der Waals surface area (Å²) in [6.45, 7) is 6.70. The lowest BCUT2D eigenvalue weighted by molar-refractivity contribution is 0.614. The second-order valence-corrected chi connectivity index (χ2v) is 7.16. The van der Waals surface area contributed by atoms with Gasteiger partial charge in [-0.1, -0.05) is 24.3 Å². The molecule has 1 atom stereocenters. The van der Waals surface area contributed by atoms with Crippen molar-refractivity contribution in [2.45, 2.75) is 39.3 Å². The van der Waals surface area contributed by atoms with Crippen LogP contribution in [0.5, 0.6) is 0 Å². The number of nitrogens with one attached hydrogen (secondary N) is 2. The Bertz CT molecular complexity index is 803. The monoisotopic (exact) mass is 496 g/mol. The zero-order valence-corrected chi connectivity index (χ0v) is 19.2. The lowest BCUT2D eigenvalue weighted by Gasteiger charge is -2.22. The molecule has 6 heteroatoms. The summed E-state index contributed by atoms with van der Waals surface area (Å²) >= 11 is 0. The Morgan fingerprint density at radius 2 is 1.93 bits per heavy atom. The Morgan fingerprint density at radius 1 is 1.18 bits per heavy atom. The molecular formula is C22H30FIN4. The molecule has 2 aromatic carbocycles. The summed E-state index contributed by atoms with van der Waals surface area (Å²) < 4.78 is 13.7. The van der Waals surface area contributed by atoms with Gasteiger partial charge in [0.15, 0.2) is 5.96 Å². The quantitative estimate of drug-likeness (QED) is 0.356. The van der Waals surface area contributed by atoms with E-state index in [0.29, 0.717) is 18.1 Å². The molecule has 0 aromatic heterocycles. The number of nitrogens with zero attached hydrogens (tertiary/aromatic N) is 2. The average molecular weight is 496 g/mol. The zero-order valence-electron chi connectivity index (χ0n) is 16.8. The number of hydrogen-bond donors (Lipinski definition) is 2. The van der Waals surface area contributed by atoms with Gasteiger partial charge in [0.2, 0.25) is 0 Å². The first-order valence-corrected chi connectivity index (χ1v) is 9.64. The molecular weight excluding hydrogens is 466 g/mol. The van der Waals surface area contributed by atoms with Gasteiger partial charge in [-0.2, -0.15) is 0 Å². The van der Waals surface area contributed by atoms with Crippen LogP contribution in [0.25, 0.3) is 0 Å². The molecule has 0 saturated carbocycles. The van der Waals surface area contributed by atoms with Gasteiger partial charge in [-0.15, -0.1) is 24.0 Å². The summed E-state index contributed by atoms with van der Waals surface area (Å²) in [5.74, 6) is 0.527. The molecule has 0 radical (unpaired) electrons. The molecule has 1 fully saturated rings. The van der Waals surface area contributed by atoms with Crippen LogP contribution in [0.1, 0.15) is 42.5 Å². The highest BCUT2D eigenvalue weighted by atomic mass is 127. The van der Waals surface area contributed by atoms with Crippen LogP contribution in [-0.4, -0.2) is 26.1 Å². The zero-order chi connectivity index (χ0) is 19.2. The molecule has 152 valence electrons. The van der Waals surface area contributed by atoms with Gasteiger partial charge in [-0.25, -0.2) is 4.39 Å². The van der Waals surface area contributed by atoms with Gasteiger partial charge in [0.05, 0.1) is 6.04 Å². The molecule has 0 spiro atoms. The fourth-order valence-electron chi connectivity index (χ4n) is 3.38.